The van der Waals surface area contributed by atoms with Crippen LogP contribution >= 0.6 is 0 Å². The topological polar surface area (TPSA) is 87.0 Å². The number of para-hydroxylation sites is 1. The van der Waals surface area contributed by atoms with Crippen LogP contribution in [0.2, 0.25) is 0 Å². The Bertz CT molecular complexity index is 809. The van der Waals surface area contributed by atoms with Gasteiger partial charge in [0.1, 0.15) is 5.75 Å². The second kappa shape index (κ2) is 6.87. The van der Waals surface area contributed by atoms with Gasteiger partial charge in [-0.05, 0) is 23.8 Å². The molecule has 6 heteroatoms. The molecule has 0 radical (unpaired) electrons. The van der Waals surface area contributed by atoms with E-state index in [0.29, 0.717) is 16.8 Å². The van der Waals surface area contributed by atoms with Crippen molar-refractivity contribution in [2.75, 3.05) is 11.1 Å². The molecule has 5 nitrogen and oxygen atoms in total. The van der Waals surface area contributed by atoms with E-state index in [2.05, 4.69) is 5.32 Å². The third-order valence-corrected chi connectivity index (χ3v) is 4.37. The van der Waals surface area contributed by atoms with Gasteiger partial charge in [0.15, 0.2) is 9.84 Å². The summed E-state index contributed by atoms with van der Waals surface area (Å²) >= 11 is 0. The predicted molar refractivity (Wildman–Crippen MR) is 83.7 cm³/mol. The zero-order valence-corrected chi connectivity index (χ0v) is 12.5. The van der Waals surface area contributed by atoms with E-state index < -0.39 is 21.5 Å². The molecule has 0 fully saturated rings. The zero-order valence-electron chi connectivity index (χ0n) is 11.7. The maximum Gasteiger partial charge on any atom is 0.239 e. The van der Waals surface area contributed by atoms with Crippen molar-refractivity contribution < 1.29 is 13.2 Å². The predicted octanol–water partition coefficient (Wildman–Crippen LogP) is 2.11. The van der Waals surface area contributed by atoms with Crippen LogP contribution < -0.4 is 5.32 Å². The average molecular weight is 314 g/mol. The fraction of sp³-hybridized carbons (Fsp3) is 0.125. The van der Waals surface area contributed by atoms with Crippen LogP contribution in [0.1, 0.15) is 11.1 Å². The number of hydrogen-bond donors (Lipinski definition) is 1. The minimum Gasteiger partial charge on any atom is -0.325 e. The number of hydrogen-bond acceptors (Lipinski definition) is 4. The summed E-state index contributed by atoms with van der Waals surface area (Å²) in [6.07, 6.45) is 0. The van der Waals surface area contributed by atoms with Crippen molar-refractivity contribution in [2.24, 2.45) is 0 Å². The van der Waals surface area contributed by atoms with E-state index in [4.69, 9.17) is 5.26 Å². The Morgan fingerprint density at radius 3 is 2.36 bits per heavy atom. The first kappa shape index (κ1) is 15.7. The molecule has 0 saturated heterocycles. The van der Waals surface area contributed by atoms with Gasteiger partial charge < -0.3 is 5.32 Å². The summed E-state index contributed by atoms with van der Waals surface area (Å²) in [4.78, 5) is 11.8. The van der Waals surface area contributed by atoms with Gasteiger partial charge >= 0.3 is 0 Å². The number of nitrogens with one attached hydrogen (secondary N) is 1. The molecule has 0 bridgehead atoms. The Morgan fingerprint density at radius 1 is 1.05 bits per heavy atom. The number of rotatable bonds is 5. The molecular weight excluding hydrogens is 300 g/mol. The lowest BCUT2D eigenvalue weighted by molar-refractivity contribution is -0.113. The number of anilines is 1. The van der Waals surface area contributed by atoms with Gasteiger partial charge in [-0.3, -0.25) is 4.79 Å². The summed E-state index contributed by atoms with van der Waals surface area (Å²) in [5, 5.41) is 11.5. The fourth-order valence-corrected chi connectivity index (χ4v) is 3.26. The molecule has 0 atom stereocenters. The van der Waals surface area contributed by atoms with Crippen LogP contribution in [0.25, 0.3) is 0 Å². The molecule has 0 aromatic heterocycles. The molecule has 2 rings (SSSR count). The van der Waals surface area contributed by atoms with Crippen LogP contribution in [-0.4, -0.2) is 20.1 Å². The average Bonchev–Trinajstić information content (AvgIpc) is 2.47. The molecule has 1 N–H and O–H groups in total. The minimum atomic E-state index is -3.65. The molecule has 0 unspecified atom stereocenters. The number of amides is 1. The molecule has 22 heavy (non-hydrogen) atoms. The van der Waals surface area contributed by atoms with Crippen molar-refractivity contribution in [1.29, 1.82) is 5.26 Å². The Labute approximate surface area is 129 Å². The van der Waals surface area contributed by atoms with E-state index in [1.807, 2.05) is 6.07 Å². The van der Waals surface area contributed by atoms with Crippen LogP contribution in [0.15, 0.2) is 54.6 Å². The molecule has 112 valence electrons. The van der Waals surface area contributed by atoms with Gasteiger partial charge in [0.25, 0.3) is 0 Å². The Balaban J connectivity index is 2.05. The molecule has 2 aromatic carbocycles. The summed E-state index contributed by atoms with van der Waals surface area (Å²) in [5.74, 6) is -1.55. The molecule has 1 amide bonds. The van der Waals surface area contributed by atoms with Crippen LogP contribution in [0.5, 0.6) is 0 Å². The van der Waals surface area contributed by atoms with Gasteiger partial charge in [-0.25, -0.2) is 8.42 Å². The van der Waals surface area contributed by atoms with Crippen molar-refractivity contribution in [3.8, 4) is 6.07 Å². The second-order valence-electron chi connectivity index (χ2n) is 4.72. The first-order valence-corrected chi connectivity index (χ1v) is 8.35. The van der Waals surface area contributed by atoms with Crippen molar-refractivity contribution in [1.82, 2.24) is 0 Å². The van der Waals surface area contributed by atoms with E-state index in [1.165, 1.54) is 0 Å². The molecule has 2 aromatic rings. The highest BCUT2D eigenvalue weighted by Crippen LogP contribution is 2.13. The lowest BCUT2D eigenvalue weighted by Crippen LogP contribution is -2.24. The number of carbonyl (C=O) groups is 1. The molecule has 0 heterocycles. The van der Waals surface area contributed by atoms with Crippen LogP contribution in [-0.2, 0) is 20.4 Å². The highest BCUT2D eigenvalue weighted by Gasteiger charge is 2.19. The van der Waals surface area contributed by atoms with Crippen molar-refractivity contribution in [3.05, 3.63) is 65.7 Å². The molecule has 0 spiro atoms. The Hall–Kier alpha value is -2.65. The number of sulfone groups is 1. The third-order valence-electron chi connectivity index (χ3n) is 2.92. The van der Waals surface area contributed by atoms with Crippen LogP contribution in [0, 0.1) is 11.3 Å². The number of carbonyl (C=O) groups excluding carboxylic acids is 1. The normalized spacial score (nSPS) is 10.7. The van der Waals surface area contributed by atoms with Gasteiger partial charge in [0, 0.05) is 5.69 Å². The fourth-order valence-electron chi connectivity index (χ4n) is 1.96. The molecule has 0 saturated carbocycles. The maximum absolute atomic E-state index is 12.1. The first-order valence-electron chi connectivity index (χ1n) is 6.53. The maximum atomic E-state index is 12.1. The van der Waals surface area contributed by atoms with E-state index >= 15 is 0 Å². The molecule has 0 aliphatic heterocycles. The highest BCUT2D eigenvalue weighted by atomic mass is 32.2. The number of nitriles is 1. The number of benzene rings is 2. The number of nitrogens with zero attached hydrogens (tertiary/aromatic N) is 1. The van der Waals surface area contributed by atoms with Gasteiger partial charge in [-0.15, -0.1) is 0 Å². The summed E-state index contributed by atoms with van der Waals surface area (Å²) < 4.78 is 24.2. The molecule has 0 aliphatic rings. The minimum absolute atomic E-state index is 0.301. The zero-order chi connectivity index (χ0) is 16.0. The van der Waals surface area contributed by atoms with Gasteiger partial charge in [-0.1, -0.05) is 36.4 Å². The highest BCUT2D eigenvalue weighted by molar-refractivity contribution is 7.91. The third kappa shape index (κ3) is 4.43. The largest absolute Gasteiger partial charge is 0.325 e. The smallest absolute Gasteiger partial charge is 0.239 e. The Morgan fingerprint density at radius 2 is 1.68 bits per heavy atom. The Kier molecular flexibility index (Phi) is 4.92. The second-order valence-corrected chi connectivity index (χ2v) is 6.78. The summed E-state index contributed by atoms with van der Waals surface area (Å²) in [6.45, 7) is 0. The van der Waals surface area contributed by atoms with E-state index in [-0.39, 0.29) is 5.75 Å². The van der Waals surface area contributed by atoms with Crippen molar-refractivity contribution in [2.45, 2.75) is 5.75 Å². The standard InChI is InChI=1S/C16H14N2O3S/c17-10-13-6-4-5-7-14(13)11-22(20,21)12-16(19)18-15-8-2-1-3-9-15/h1-9H,11-12H2,(H,18,19). The van der Waals surface area contributed by atoms with Crippen LogP contribution in [0.3, 0.4) is 0 Å². The SMILES string of the molecule is N#Cc1ccccc1CS(=O)(=O)CC(=O)Nc1ccccc1. The summed E-state index contributed by atoms with van der Waals surface area (Å²) in [5.41, 5.74) is 1.24. The molecular formula is C16H14N2O3S. The monoisotopic (exact) mass is 314 g/mol. The van der Waals surface area contributed by atoms with Gasteiger partial charge in [-0.2, -0.15) is 5.26 Å². The van der Waals surface area contributed by atoms with E-state index in [1.54, 1.807) is 54.6 Å². The first-order chi connectivity index (χ1) is 10.5. The quantitative estimate of drug-likeness (QED) is 0.915. The van der Waals surface area contributed by atoms with Crippen LogP contribution in [0.4, 0.5) is 5.69 Å². The van der Waals surface area contributed by atoms with Crippen molar-refractivity contribution >= 4 is 21.4 Å². The molecule has 0 aliphatic carbocycles. The lowest BCUT2D eigenvalue weighted by Gasteiger charge is -2.07. The lowest BCUT2D eigenvalue weighted by atomic mass is 10.1. The van der Waals surface area contributed by atoms with Gasteiger partial charge in [0.2, 0.25) is 5.91 Å². The van der Waals surface area contributed by atoms with Gasteiger partial charge in [0.05, 0.1) is 17.4 Å². The van der Waals surface area contributed by atoms with E-state index in [0.717, 1.165) is 0 Å². The summed E-state index contributed by atoms with van der Waals surface area (Å²) in [6, 6.07) is 17.0. The van der Waals surface area contributed by atoms with Crippen molar-refractivity contribution in [3.63, 3.8) is 0 Å². The summed E-state index contributed by atoms with van der Waals surface area (Å²) in [7, 11) is -3.65. The van der Waals surface area contributed by atoms with E-state index in [9.17, 15) is 13.2 Å².